The molecule has 16 heavy (non-hydrogen) atoms. The van der Waals surface area contributed by atoms with Gasteiger partial charge in [-0.15, -0.1) is 0 Å². The van der Waals surface area contributed by atoms with Crippen LogP contribution in [0.3, 0.4) is 0 Å². The molecule has 0 radical (unpaired) electrons. The van der Waals surface area contributed by atoms with Crippen LogP contribution in [0.4, 0.5) is 0 Å². The van der Waals surface area contributed by atoms with Gasteiger partial charge in [0.05, 0.1) is 0 Å². The van der Waals surface area contributed by atoms with Gasteiger partial charge in [-0.25, -0.2) is 0 Å². The zero-order valence-corrected chi connectivity index (χ0v) is 11.9. The van der Waals surface area contributed by atoms with E-state index in [1.165, 1.54) is 12.8 Å². The maximum absolute atomic E-state index is 12.5. The van der Waals surface area contributed by atoms with E-state index in [0.29, 0.717) is 21.3 Å². The molecule has 4 heteroatoms. The molecule has 90 valence electrons. The molecule has 1 amide bonds. The second kappa shape index (κ2) is 2.76. The first-order chi connectivity index (χ1) is 7.55. The van der Waals surface area contributed by atoms with E-state index in [1.807, 2.05) is 0 Å². The molecular formula is C12H17INO2-. The van der Waals surface area contributed by atoms with Crippen LogP contribution in [0.25, 0.3) is 0 Å². The van der Waals surface area contributed by atoms with Gasteiger partial charge in [0.1, 0.15) is 0 Å². The molecular weight excluding hydrogens is 317 g/mol. The van der Waals surface area contributed by atoms with Gasteiger partial charge in [-0.2, -0.15) is 0 Å². The van der Waals surface area contributed by atoms with Crippen LogP contribution < -0.4 is 21.2 Å². The number of halogens is 1. The van der Waals surface area contributed by atoms with Crippen molar-refractivity contribution in [1.82, 2.24) is 4.90 Å². The van der Waals surface area contributed by atoms with Crippen molar-refractivity contribution in [3.8, 4) is 0 Å². The van der Waals surface area contributed by atoms with Gasteiger partial charge < -0.3 is 0 Å². The predicted octanol–water partition coefficient (Wildman–Crippen LogP) is -2.03. The van der Waals surface area contributed by atoms with Crippen LogP contribution in [0, 0.1) is 5.92 Å². The molecule has 0 N–H and O–H groups in total. The van der Waals surface area contributed by atoms with E-state index >= 15 is 0 Å². The normalized spacial score (nSPS) is 46.8. The Hall–Kier alpha value is 0.160. The van der Waals surface area contributed by atoms with E-state index in [9.17, 15) is 4.79 Å². The monoisotopic (exact) mass is 334 g/mol. The fraction of sp³-hybridized carbons (Fsp3) is 0.917. The van der Waals surface area contributed by atoms with Crippen molar-refractivity contribution in [2.75, 3.05) is 6.61 Å². The molecule has 4 fully saturated rings. The second-order valence-electron chi connectivity index (χ2n) is 5.93. The quantitative estimate of drug-likeness (QED) is 0.378. The summed E-state index contributed by atoms with van der Waals surface area (Å²) in [4.78, 5) is 14.6. The molecule has 2 unspecified atom stereocenters. The Morgan fingerprint density at radius 1 is 1.44 bits per heavy atom. The number of hydrogen-bond donors (Lipinski definition) is 0. The van der Waals surface area contributed by atoms with E-state index in [-0.39, 0.29) is 26.9 Å². The maximum atomic E-state index is 12.5. The Bertz CT molecular complexity index is 377. The van der Waals surface area contributed by atoms with E-state index in [0.717, 1.165) is 17.0 Å². The summed E-state index contributed by atoms with van der Waals surface area (Å²) in [7, 11) is 0. The minimum absolute atomic E-state index is 0.279. The van der Waals surface area contributed by atoms with Crippen molar-refractivity contribution in [2.24, 2.45) is 5.92 Å². The van der Waals surface area contributed by atoms with Crippen molar-refractivity contribution in [1.29, 1.82) is 0 Å². The molecule has 3 nitrogen and oxygen atoms in total. The average molecular weight is 334 g/mol. The summed E-state index contributed by atoms with van der Waals surface area (Å²) >= 11 is 0.279. The van der Waals surface area contributed by atoms with E-state index in [1.54, 1.807) is 0 Å². The summed E-state index contributed by atoms with van der Waals surface area (Å²) < 4.78 is 7.10. The van der Waals surface area contributed by atoms with Crippen LogP contribution >= 0.6 is 0 Å². The Morgan fingerprint density at radius 2 is 2.19 bits per heavy atom. The molecule has 1 spiro atoms. The number of ether oxygens (including phenoxy) is 1. The van der Waals surface area contributed by atoms with E-state index in [4.69, 9.17) is 4.74 Å². The first kappa shape index (κ1) is 10.1. The zero-order valence-electron chi connectivity index (χ0n) is 9.70. The molecule has 3 saturated heterocycles. The van der Waals surface area contributed by atoms with Crippen LogP contribution in [0.1, 0.15) is 33.1 Å². The second-order valence-corrected chi connectivity index (χ2v) is 10.1. The topological polar surface area (TPSA) is 29.5 Å². The van der Waals surface area contributed by atoms with Gasteiger partial charge in [0.25, 0.3) is 0 Å². The average Bonchev–Trinajstić information content (AvgIpc) is 2.89. The van der Waals surface area contributed by atoms with Crippen molar-refractivity contribution in [3.63, 3.8) is 0 Å². The van der Waals surface area contributed by atoms with Gasteiger partial charge in [-0.3, -0.25) is 0 Å². The first-order valence-electron chi connectivity index (χ1n) is 6.17. The number of fused-ring (bicyclic) bond motifs is 4. The molecule has 4 rings (SSSR count). The van der Waals surface area contributed by atoms with Gasteiger partial charge in [0.15, 0.2) is 0 Å². The fourth-order valence-corrected chi connectivity index (χ4v) is 8.92. The summed E-state index contributed by atoms with van der Waals surface area (Å²) in [6.07, 6.45) is 3.76. The van der Waals surface area contributed by atoms with Crippen LogP contribution in [-0.2, 0) is 9.53 Å². The number of carbonyl (C=O) groups excluding carboxylic acids is 1. The number of amides is 1. The number of hydrogen-bond acceptors (Lipinski definition) is 2. The molecule has 1 saturated carbocycles. The standard InChI is InChI=1S/C12H17INO2/c1-11(2)14-7(3-6-16-11)9-8(10(14)15)12(13-9)4-5-12/h7-9H,3-6H2,1-2H3/q-1/t7-,8?,9?/m1/s1. The Labute approximate surface area is 106 Å². The summed E-state index contributed by atoms with van der Waals surface area (Å²) in [5.74, 6) is 0.828. The van der Waals surface area contributed by atoms with Gasteiger partial charge in [0, 0.05) is 0 Å². The number of nitrogens with zero attached hydrogens (tertiary/aromatic N) is 1. The molecule has 0 aromatic heterocycles. The zero-order chi connectivity index (χ0) is 11.1. The molecule has 4 aliphatic rings. The van der Waals surface area contributed by atoms with Gasteiger partial charge in [-0.05, 0) is 0 Å². The predicted molar refractivity (Wildman–Crippen MR) is 54.5 cm³/mol. The van der Waals surface area contributed by atoms with Crippen molar-refractivity contribution < 1.29 is 30.7 Å². The van der Waals surface area contributed by atoms with Gasteiger partial charge in [-0.1, -0.05) is 0 Å². The van der Waals surface area contributed by atoms with Gasteiger partial charge >= 0.3 is 106 Å². The number of carbonyl (C=O) groups is 1. The molecule has 3 atom stereocenters. The first-order valence-corrected chi connectivity index (χ1v) is 8.49. The Kier molecular flexibility index (Phi) is 1.75. The molecule has 0 aromatic carbocycles. The minimum atomic E-state index is -0.350. The SMILES string of the molecule is CC1(C)OCC[C@@H]2C3[I-]C4(CC4)C3C(=O)N21. The van der Waals surface area contributed by atoms with Crippen molar-refractivity contribution in [3.05, 3.63) is 0 Å². The van der Waals surface area contributed by atoms with Crippen LogP contribution in [-0.4, -0.2) is 36.5 Å². The molecule has 3 heterocycles. The summed E-state index contributed by atoms with van der Waals surface area (Å²) in [6, 6.07) is 0.528. The molecule has 1 aliphatic carbocycles. The van der Waals surface area contributed by atoms with E-state index in [2.05, 4.69) is 18.7 Å². The summed E-state index contributed by atoms with van der Waals surface area (Å²) in [6.45, 7) is 4.95. The van der Waals surface area contributed by atoms with Crippen molar-refractivity contribution >= 4 is 5.91 Å². The summed E-state index contributed by atoms with van der Waals surface area (Å²) in [5.41, 5.74) is -0.350. The van der Waals surface area contributed by atoms with E-state index < -0.39 is 0 Å². The Morgan fingerprint density at radius 3 is 2.88 bits per heavy atom. The third kappa shape index (κ3) is 1.01. The van der Waals surface area contributed by atoms with Gasteiger partial charge in [0.2, 0.25) is 0 Å². The fourth-order valence-electron chi connectivity index (χ4n) is 3.70. The third-order valence-electron chi connectivity index (χ3n) is 4.60. The van der Waals surface area contributed by atoms with Crippen LogP contribution in [0.2, 0.25) is 0 Å². The van der Waals surface area contributed by atoms with Crippen LogP contribution in [0.5, 0.6) is 0 Å². The molecule has 3 aliphatic heterocycles. The molecule has 0 bridgehead atoms. The third-order valence-corrected chi connectivity index (χ3v) is 9.86. The number of alkyl halides is 2. The number of rotatable bonds is 0. The van der Waals surface area contributed by atoms with Crippen LogP contribution in [0.15, 0.2) is 0 Å². The van der Waals surface area contributed by atoms with Crippen molar-refractivity contribution in [2.45, 2.75) is 52.2 Å². The molecule has 0 aromatic rings. The summed E-state index contributed by atoms with van der Waals surface area (Å²) in [5, 5.41) is 0. The Balaban J connectivity index is 1.72.